The molecule has 36 heavy (non-hydrogen) atoms. The van der Waals surface area contributed by atoms with Gasteiger partial charge in [0.05, 0.1) is 24.6 Å². The van der Waals surface area contributed by atoms with Crippen molar-refractivity contribution in [2.75, 3.05) is 31.7 Å². The van der Waals surface area contributed by atoms with Crippen molar-refractivity contribution in [3.8, 4) is 5.75 Å². The number of hydrogen-bond donors (Lipinski definition) is 2. The molecule has 0 spiro atoms. The van der Waals surface area contributed by atoms with Crippen molar-refractivity contribution in [1.29, 1.82) is 0 Å². The first-order valence-corrected chi connectivity index (χ1v) is 12.7. The van der Waals surface area contributed by atoms with Crippen molar-refractivity contribution in [3.63, 3.8) is 0 Å². The van der Waals surface area contributed by atoms with E-state index in [-0.39, 0.29) is 24.5 Å². The molecule has 1 aromatic heterocycles. The molecule has 0 saturated carbocycles. The predicted octanol–water partition coefficient (Wildman–Crippen LogP) is 3.56. The molecule has 0 bridgehead atoms. The first-order valence-electron chi connectivity index (χ1n) is 11.8. The number of benzene rings is 2. The van der Waals surface area contributed by atoms with Crippen LogP contribution in [-0.4, -0.2) is 50.6 Å². The molecule has 0 unspecified atom stereocenters. The van der Waals surface area contributed by atoms with Crippen LogP contribution in [0.15, 0.2) is 72.1 Å². The van der Waals surface area contributed by atoms with Crippen molar-refractivity contribution in [3.05, 3.63) is 82.6 Å². The van der Waals surface area contributed by atoms with Crippen LogP contribution in [0.2, 0.25) is 0 Å². The number of anilines is 1. The Kier molecular flexibility index (Phi) is 8.70. The molecule has 2 atom stereocenters. The Balaban J connectivity index is 1.63. The number of nitrogens with zero attached hydrogens (tertiary/aromatic N) is 1. The highest BCUT2D eigenvalue weighted by atomic mass is 32.1. The van der Waals surface area contributed by atoms with Crippen LogP contribution >= 0.6 is 11.3 Å². The van der Waals surface area contributed by atoms with Crippen LogP contribution in [0.4, 0.5) is 5.69 Å². The van der Waals surface area contributed by atoms with Gasteiger partial charge >= 0.3 is 0 Å². The summed E-state index contributed by atoms with van der Waals surface area (Å²) < 4.78 is 10.9. The maximum Gasteiger partial charge on any atom is 0.261 e. The van der Waals surface area contributed by atoms with Gasteiger partial charge in [-0.3, -0.25) is 19.3 Å². The maximum atomic E-state index is 13.6. The topological polar surface area (TPSA) is 97.0 Å². The molecule has 1 aliphatic heterocycles. The molecule has 1 saturated heterocycles. The number of carbonyl (C=O) groups excluding carboxylic acids is 3. The minimum atomic E-state index is -0.952. The van der Waals surface area contributed by atoms with Crippen LogP contribution in [0, 0.1) is 0 Å². The van der Waals surface area contributed by atoms with Crippen LogP contribution < -0.4 is 20.3 Å². The van der Waals surface area contributed by atoms with Crippen molar-refractivity contribution >= 4 is 34.7 Å². The Morgan fingerprint density at radius 2 is 1.83 bits per heavy atom. The highest BCUT2D eigenvalue weighted by Crippen LogP contribution is 2.29. The summed E-state index contributed by atoms with van der Waals surface area (Å²) in [5.74, 6) is -0.472. The van der Waals surface area contributed by atoms with Crippen molar-refractivity contribution in [2.24, 2.45) is 0 Å². The number of methoxy groups -OCH3 is 1. The van der Waals surface area contributed by atoms with Gasteiger partial charge in [-0.2, -0.15) is 0 Å². The lowest BCUT2D eigenvalue weighted by molar-refractivity contribution is -0.126. The molecular formula is C27H29N3O5S. The zero-order valence-electron chi connectivity index (χ0n) is 20.0. The Morgan fingerprint density at radius 3 is 2.47 bits per heavy atom. The SMILES string of the molecule is COc1ccc(N(C(=O)CNC(=O)c2cccs2)[C@H](C(=O)NC[C@@H]2CCCO2)c2ccccc2)cc1. The Morgan fingerprint density at radius 1 is 1.06 bits per heavy atom. The number of rotatable bonds is 10. The molecule has 0 aliphatic carbocycles. The molecule has 0 radical (unpaired) electrons. The predicted molar refractivity (Wildman–Crippen MR) is 138 cm³/mol. The summed E-state index contributed by atoms with van der Waals surface area (Å²) in [6.07, 6.45) is 1.80. The molecular weight excluding hydrogens is 478 g/mol. The van der Waals surface area contributed by atoms with Gasteiger partial charge in [-0.25, -0.2) is 0 Å². The molecule has 1 aliphatic rings. The Labute approximate surface area is 214 Å². The fourth-order valence-corrected chi connectivity index (χ4v) is 4.73. The van der Waals surface area contributed by atoms with Gasteiger partial charge in [0.2, 0.25) is 11.8 Å². The van der Waals surface area contributed by atoms with E-state index in [0.717, 1.165) is 12.8 Å². The largest absolute Gasteiger partial charge is 0.497 e. The zero-order chi connectivity index (χ0) is 25.3. The lowest BCUT2D eigenvalue weighted by atomic mass is 10.0. The normalized spacial score (nSPS) is 15.6. The van der Waals surface area contributed by atoms with Crippen LogP contribution in [-0.2, 0) is 14.3 Å². The van der Waals surface area contributed by atoms with Gasteiger partial charge in [0.25, 0.3) is 5.91 Å². The summed E-state index contributed by atoms with van der Waals surface area (Å²) in [7, 11) is 1.56. The number of thiophene rings is 1. The molecule has 9 heteroatoms. The van der Waals surface area contributed by atoms with Gasteiger partial charge in [0.1, 0.15) is 11.8 Å². The highest BCUT2D eigenvalue weighted by molar-refractivity contribution is 7.12. The van der Waals surface area contributed by atoms with Gasteiger partial charge in [0, 0.05) is 18.8 Å². The average Bonchev–Trinajstić information content (AvgIpc) is 3.64. The van der Waals surface area contributed by atoms with E-state index in [2.05, 4.69) is 10.6 Å². The standard InChI is InChI=1S/C27H29N3O5S/c1-34-21-13-11-20(12-14-21)30(24(31)18-29-26(32)23-10-6-16-36-23)25(19-7-3-2-4-8-19)27(33)28-17-22-9-5-15-35-22/h2-4,6-8,10-14,16,22,25H,5,9,15,17-18H2,1H3,(H,28,33)(H,29,32)/t22-,25-/m0/s1. The summed E-state index contributed by atoms with van der Waals surface area (Å²) in [4.78, 5) is 41.7. The van der Waals surface area contributed by atoms with Crippen LogP contribution in [0.25, 0.3) is 0 Å². The summed E-state index contributed by atoms with van der Waals surface area (Å²) >= 11 is 1.29. The molecule has 2 N–H and O–H groups in total. The minimum absolute atomic E-state index is 0.0411. The third-order valence-electron chi connectivity index (χ3n) is 5.91. The summed E-state index contributed by atoms with van der Waals surface area (Å²) in [5.41, 5.74) is 1.16. The van der Waals surface area contributed by atoms with Gasteiger partial charge in [0.15, 0.2) is 0 Å². The van der Waals surface area contributed by atoms with E-state index in [4.69, 9.17) is 9.47 Å². The molecule has 4 rings (SSSR count). The van der Waals surface area contributed by atoms with E-state index in [1.165, 1.54) is 16.2 Å². The third kappa shape index (κ3) is 6.30. The van der Waals surface area contributed by atoms with Crippen molar-refractivity contribution in [2.45, 2.75) is 25.0 Å². The van der Waals surface area contributed by atoms with Crippen molar-refractivity contribution in [1.82, 2.24) is 10.6 Å². The quantitative estimate of drug-likeness (QED) is 0.438. The first-order chi connectivity index (χ1) is 17.6. The molecule has 3 aromatic rings. The molecule has 2 heterocycles. The van der Waals surface area contributed by atoms with Gasteiger partial charge < -0.3 is 20.1 Å². The highest BCUT2D eigenvalue weighted by Gasteiger charge is 2.33. The van der Waals surface area contributed by atoms with E-state index < -0.39 is 11.9 Å². The average molecular weight is 508 g/mol. The van der Waals surface area contributed by atoms with E-state index in [9.17, 15) is 14.4 Å². The van der Waals surface area contributed by atoms with Gasteiger partial charge in [-0.15, -0.1) is 11.3 Å². The monoisotopic (exact) mass is 507 g/mol. The molecule has 8 nitrogen and oxygen atoms in total. The van der Waals surface area contributed by atoms with E-state index in [0.29, 0.717) is 35.0 Å². The summed E-state index contributed by atoms with van der Waals surface area (Å²) in [6, 6.07) is 18.5. The van der Waals surface area contributed by atoms with Gasteiger partial charge in [-0.1, -0.05) is 36.4 Å². The van der Waals surface area contributed by atoms with Crippen LogP contribution in [0.1, 0.15) is 34.1 Å². The summed E-state index contributed by atoms with van der Waals surface area (Å²) in [6.45, 7) is 0.774. The number of ether oxygens (including phenoxy) is 2. The smallest absolute Gasteiger partial charge is 0.261 e. The number of nitrogens with one attached hydrogen (secondary N) is 2. The second-order valence-electron chi connectivity index (χ2n) is 8.32. The number of amides is 3. The van der Waals surface area contributed by atoms with E-state index in [1.807, 2.05) is 30.3 Å². The van der Waals surface area contributed by atoms with Crippen molar-refractivity contribution < 1.29 is 23.9 Å². The third-order valence-corrected chi connectivity index (χ3v) is 6.78. The maximum absolute atomic E-state index is 13.6. The Bertz CT molecular complexity index is 1150. The second kappa shape index (κ2) is 12.3. The Hall–Kier alpha value is -3.69. The number of hydrogen-bond acceptors (Lipinski definition) is 6. The molecule has 3 amide bonds. The van der Waals surface area contributed by atoms with E-state index in [1.54, 1.807) is 48.9 Å². The summed E-state index contributed by atoms with van der Waals surface area (Å²) in [5, 5.41) is 7.45. The zero-order valence-corrected chi connectivity index (χ0v) is 20.8. The molecule has 188 valence electrons. The lowest BCUT2D eigenvalue weighted by Crippen LogP contribution is -2.48. The van der Waals surface area contributed by atoms with Crippen LogP contribution in [0.5, 0.6) is 5.75 Å². The molecule has 2 aromatic carbocycles. The lowest BCUT2D eigenvalue weighted by Gasteiger charge is -2.32. The first kappa shape index (κ1) is 25.4. The second-order valence-corrected chi connectivity index (χ2v) is 9.26. The minimum Gasteiger partial charge on any atom is -0.497 e. The fraction of sp³-hybridized carbons (Fsp3) is 0.296. The number of carbonyl (C=O) groups is 3. The van der Waals surface area contributed by atoms with E-state index >= 15 is 0 Å². The van der Waals surface area contributed by atoms with Gasteiger partial charge in [-0.05, 0) is 54.1 Å². The molecule has 1 fully saturated rings. The van der Waals surface area contributed by atoms with Crippen LogP contribution in [0.3, 0.4) is 0 Å². The fourth-order valence-electron chi connectivity index (χ4n) is 4.09.